The lowest BCUT2D eigenvalue weighted by molar-refractivity contribution is -0.134. The highest BCUT2D eigenvalue weighted by atomic mass is 16.5. The molecule has 2 aromatic rings. The van der Waals surface area contributed by atoms with Crippen molar-refractivity contribution >= 4 is 11.8 Å². The zero-order chi connectivity index (χ0) is 17.8. The summed E-state index contributed by atoms with van der Waals surface area (Å²) in [6.45, 7) is 1.03. The number of hydrogen-bond donors (Lipinski definition) is 1. The van der Waals surface area contributed by atoms with E-state index in [4.69, 9.17) is 15.2 Å². The van der Waals surface area contributed by atoms with Gasteiger partial charge in [-0.3, -0.25) is 9.59 Å². The molecule has 3 rings (SSSR count). The van der Waals surface area contributed by atoms with Crippen molar-refractivity contribution in [3.05, 3.63) is 59.2 Å². The number of benzene rings is 2. The van der Waals surface area contributed by atoms with Crippen LogP contribution in [0.15, 0.2) is 42.5 Å². The summed E-state index contributed by atoms with van der Waals surface area (Å²) in [4.78, 5) is 25.8. The number of rotatable bonds is 5. The summed E-state index contributed by atoms with van der Waals surface area (Å²) in [5, 5.41) is 0. The van der Waals surface area contributed by atoms with Crippen LogP contribution < -0.4 is 15.2 Å². The number of fused-ring (bicyclic) bond motifs is 1. The van der Waals surface area contributed by atoms with Crippen LogP contribution in [-0.2, 0) is 17.8 Å². The minimum atomic E-state index is -0.631. The summed E-state index contributed by atoms with van der Waals surface area (Å²) >= 11 is 0. The van der Waals surface area contributed by atoms with Crippen LogP contribution in [-0.4, -0.2) is 37.0 Å². The van der Waals surface area contributed by atoms with E-state index >= 15 is 0 Å². The number of carbonyl (C=O) groups is 2. The fraction of sp³-hybridized carbons (Fsp3) is 0.263. The Kier molecular flexibility index (Phi) is 4.88. The maximum absolute atomic E-state index is 12.5. The molecule has 0 atom stereocenters. The lowest BCUT2D eigenvalue weighted by atomic mass is 10.00. The molecular formula is C19H20N2O4. The topological polar surface area (TPSA) is 81.9 Å². The van der Waals surface area contributed by atoms with E-state index in [-0.39, 0.29) is 23.8 Å². The second-order valence-corrected chi connectivity index (χ2v) is 5.82. The van der Waals surface area contributed by atoms with Gasteiger partial charge in [-0.05, 0) is 29.7 Å². The minimum Gasteiger partial charge on any atom is -0.493 e. The molecule has 1 aliphatic rings. The number of carbonyl (C=O) groups excluding carboxylic acids is 2. The van der Waals surface area contributed by atoms with Crippen molar-refractivity contribution in [2.24, 2.45) is 5.73 Å². The molecule has 0 bridgehead atoms. The second-order valence-electron chi connectivity index (χ2n) is 5.82. The molecule has 2 amide bonds. The number of amides is 2. The first-order chi connectivity index (χ1) is 12.1. The minimum absolute atomic E-state index is 0.143. The Bertz CT molecular complexity index is 804. The number of primary amides is 1. The molecule has 0 unspecified atom stereocenters. The van der Waals surface area contributed by atoms with Crippen molar-refractivity contribution in [1.82, 2.24) is 4.90 Å². The Morgan fingerprint density at radius 3 is 2.60 bits per heavy atom. The van der Waals surface area contributed by atoms with Gasteiger partial charge in [-0.2, -0.15) is 0 Å². The first kappa shape index (κ1) is 16.8. The van der Waals surface area contributed by atoms with E-state index in [9.17, 15) is 9.59 Å². The fourth-order valence-electron chi connectivity index (χ4n) is 2.95. The molecule has 0 saturated carbocycles. The summed E-state index contributed by atoms with van der Waals surface area (Å²) in [5.41, 5.74) is 7.98. The maximum Gasteiger partial charge on any atom is 0.260 e. The van der Waals surface area contributed by atoms with Crippen molar-refractivity contribution in [2.45, 2.75) is 13.0 Å². The van der Waals surface area contributed by atoms with Gasteiger partial charge in [-0.25, -0.2) is 0 Å². The third kappa shape index (κ3) is 3.57. The number of ether oxygens (including phenoxy) is 2. The lowest BCUT2D eigenvalue weighted by Gasteiger charge is -2.29. The van der Waals surface area contributed by atoms with Gasteiger partial charge in [0.1, 0.15) is 0 Å². The van der Waals surface area contributed by atoms with E-state index in [1.54, 1.807) is 23.1 Å². The fourth-order valence-corrected chi connectivity index (χ4v) is 2.95. The summed E-state index contributed by atoms with van der Waals surface area (Å²) in [6, 6.07) is 12.9. The van der Waals surface area contributed by atoms with Crippen LogP contribution in [0.5, 0.6) is 11.5 Å². The van der Waals surface area contributed by atoms with E-state index in [2.05, 4.69) is 6.07 Å². The SMILES string of the molecule is COc1cccc(C(N)=O)c1OCC(=O)N1CCc2ccccc2C1. The molecule has 1 aliphatic heterocycles. The van der Waals surface area contributed by atoms with E-state index in [0.717, 1.165) is 12.0 Å². The first-order valence-electron chi connectivity index (χ1n) is 8.04. The van der Waals surface area contributed by atoms with Gasteiger partial charge in [0.2, 0.25) is 0 Å². The highest BCUT2D eigenvalue weighted by Gasteiger charge is 2.22. The smallest absolute Gasteiger partial charge is 0.260 e. The molecule has 2 aromatic carbocycles. The molecule has 0 fully saturated rings. The van der Waals surface area contributed by atoms with Gasteiger partial charge >= 0.3 is 0 Å². The molecule has 6 nitrogen and oxygen atoms in total. The third-order valence-electron chi connectivity index (χ3n) is 4.29. The highest BCUT2D eigenvalue weighted by Crippen LogP contribution is 2.31. The van der Waals surface area contributed by atoms with E-state index in [0.29, 0.717) is 18.8 Å². The summed E-state index contributed by atoms with van der Waals surface area (Å²) < 4.78 is 10.8. The Hall–Kier alpha value is -3.02. The predicted octanol–water partition coefficient (Wildman–Crippen LogP) is 1.76. The molecule has 0 aliphatic carbocycles. The average Bonchev–Trinajstić information content (AvgIpc) is 2.65. The van der Waals surface area contributed by atoms with E-state index in [1.165, 1.54) is 12.7 Å². The van der Waals surface area contributed by atoms with Crippen molar-refractivity contribution in [3.8, 4) is 11.5 Å². The average molecular weight is 340 g/mol. The number of nitrogens with zero attached hydrogens (tertiary/aromatic N) is 1. The maximum atomic E-state index is 12.5. The van der Waals surface area contributed by atoms with Gasteiger partial charge in [0, 0.05) is 13.1 Å². The molecule has 0 aromatic heterocycles. The van der Waals surface area contributed by atoms with Crippen molar-refractivity contribution in [1.29, 1.82) is 0 Å². The third-order valence-corrected chi connectivity index (χ3v) is 4.29. The second kappa shape index (κ2) is 7.25. The van der Waals surface area contributed by atoms with Gasteiger partial charge in [0.05, 0.1) is 12.7 Å². The van der Waals surface area contributed by atoms with Crippen LogP contribution in [0.3, 0.4) is 0 Å². The first-order valence-corrected chi connectivity index (χ1v) is 8.04. The van der Waals surface area contributed by atoms with E-state index in [1.807, 2.05) is 18.2 Å². The molecule has 25 heavy (non-hydrogen) atoms. The zero-order valence-corrected chi connectivity index (χ0v) is 14.0. The Labute approximate surface area is 146 Å². The van der Waals surface area contributed by atoms with Crippen LogP contribution in [0.1, 0.15) is 21.5 Å². The quantitative estimate of drug-likeness (QED) is 0.899. The molecule has 2 N–H and O–H groups in total. The number of para-hydroxylation sites is 1. The summed E-state index contributed by atoms with van der Waals surface area (Å²) in [5.74, 6) is -0.208. The summed E-state index contributed by atoms with van der Waals surface area (Å²) in [7, 11) is 1.47. The van der Waals surface area contributed by atoms with E-state index < -0.39 is 5.91 Å². The number of methoxy groups -OCH3 is 1. The molecule has 130 valence electrons. The lowest BCUT2D eigenvalue weighted by Crippen LogP contribution is -2.38. The van der Waals surface area contributed by atoms with Crippen LogP contribution in [0, 0.1) is 0 Å². The molecular weight excluding hydrogens is 320 g/mol. The van der Waals surface area contributed by atoms with Crippen LogP contribution in [0.4, 0.5) is 0 Å². The van der Waals surface area contributed by atoms with Crippen LogP contribution >= 0.6 is 0 Å². The number of nitrogens with two attached hydrogens (primary N) is 1. The molecule has 0 saturated heterocycles. The molecule has 0 radical (unpaired) electrons. The Morgan fingerprint density at radius 2 is 1.88 bits per heavy atom. The molecule has 1 heterocycles. The molecule has 0 spiro atoms. The van der Waals surface area contributed by atoms with Crippen LogP contribution in [0.2, 0.25) is 0 Å². The summed E-state index contributed by atoms with van der Waals surface area (Å²) in [6.07, 6.45) is 0.823. The van der Waals surface area contributed by atoms with Gasteiger partial charge < -0.3 is 20.1 Å². The number of hydrogen-bond acceptors (Lipinski definition) is 4. The molecule has 6 heteroatoms. The van der Waals surface area contributed by atoms with Gasteiger partial charge in [-0.15, -0.1) is 0 Å². The zero-order valence-electron chi connectivity index (χ0n) is 14.0. The van der Waals surface area contributed by atoms with Crippen molar-refractivity contribution < 1.29 is 19.1 Å². The largest absolute Gasteiger partial charge is 0.493 e. The van der Waals surface area contributed by atoms with Crippen molar-refractivity contribution in [3.63, 3.8) is 0 Å². The van der Waals surface area contributed by atoms with Gasteiger partial charge in [0.15, 0.2) is 18.1 Å². The standard InChI is InChI=1S/C19H20N2O4/c1-24-16-8-4-7-15(19(20)23)18(16)25-12-17(22)21-10-9-13-5-2-3-6-14(13)11-21/h2-8H,9-12H2,1H3,(H2,20,23). The van der Waals surface area contributed by atoms with Crippen molar-refractivity contribution in [2.75, 3.05) is 20.3 Å². The monoisotopic (exact) mass is 340 g/mol. The normalized spacial score (nSPS) is 13.1. The van der Waals surface area contributed by atoms with Gasteiger partial charge in [0.25, 0.3) is 11.8 Å². The Morgan fingerprint density at radius 1 is 1.12 bits per heavy atom. The van der Waals surface area contributed by atoms with Crippen LogP contribution in [0.25, 0.3) is 0 Å². The highest BCUT2D eigenvalue weighted by molar-refractivity contribution is 5.96. The predicted molar refractivity (Wildman–Crippen MR) is 92.6 cm³/mol. The van der Waals surface area contributed by atoms with Gasteiger partial charge in [-0.1, -0.05) is 30.3 Å². The Balaban J connectivity index is 1.70.